The van der Waals surface area contributed by atoms with Crippen LogP contribution in [0.25, 0.3) is 10.9 Å². The summed E-state index contributed by atoms with van der Waals surface area (Å²) in [5, 5.41) is 4.12. The maximum atomic E-state index is 13.8. The SMILES string of the molecule is CC[C@H](NC(=O)c1ccc(OC)nc1)C1CCC(c2ccnc3ccc(F)cc23)CC1. The number of halogens is 1. The lowest BCUT2D eigenvalue weighted by Crippen LogP contribution is -2.41. The summed E-state index contributed by atoms with van der Waals surface area (Å²) in [5.74, 6) is 0.992. The van der Waals surface area contributed by atoms with Gasteiger partial charge in [0.1, 0.15) is 5.82 Å². The summed E-state index contributed by atoms with van der Waals surface area (Å²) < 4.78 is 18.9. The van der Waals surface area contributed by atoms with Crippen molar-refractivity contribution in [1.82, 2.24) is 15.3 Å². The quantitative estimate of drug-likeness (QED) is 0.590. The number of aromatic nitrogens is 2. The van der Waals surface area contributed by atoms with E-state index in [1.165, 1.54) is 11.6 Å². The molecule has 0 spiro atoms. The maximum absolute atomic E-state index is 13.8. The molecule has 4 rings (SSSR count). The minimum atomic E-state index is -0.225. The lowest BCUT2D eigenvalue weighted by atomic mass is 9.75. The number of pyridine rings is 2. The van der Waals surface area contributed by atoms with Crippen LogP contribution in [0, 0.1) is 11.7 Å². The highest BCUT2D eigenvalue weighted by Crippen LogP contribution is 2.39. The Balaban J connectivity index is 1.41. The van der Waals surface area contributed by atoms with Crippen molar-refractivity contribution in [3.8, 4) is 5.88 Å². The number of ether oxygens (including phenoxy) is 1. The molecule has 5 nitrogen and oxygen atoms in total. The normalized spacial score (nSPS) is 19.7. The number of carbonyl (C=O) groups excluding carboxylic acids is 1. The fraction of sp³-hybridized carbons (Fsp3) is 0.400. The smallest absolute Gasteiger partial charge is 0.253 e. The van der Waals surface area contributed by atoms with Crippen LogP contribution >= 0.6 is 0 Å². The van der Waals surface area contributed by atoms with Gasteiger partial charge in [-0.25, -0.2) is 9.37 Å². The number of rotatable bonds is 6. The molecule has 1 aliphatic carbocycles. The highest BCUT2D eigenvalue weighted by molar-refractivity contribution is 5.94. The fourth-order valence-corrected chi connectivity index (χ4v) is 4.77. The molecule has 1 saturated carbocycles. The third-order valence-corrected chi connectivity index (χ3v) is 6.48. The topological polar surface area (TPSA) is 64.1 Å². The predicted molar refractivity (Wildman–Crippen MR) is 119 cm³/mol. The van der Waals surface area contributed by atoms with Crippen LogP contribution in [-0.4, -0.2) is 29.0 Å². The van der Waals surface area contributed by atoms with Gasteiger partial charge in [-0.3, -0.25) is 9.78 Å². The Labute approximate surface area is 182 Å². The van der Waals surface area contributed by atoms with Crippen molar-refractivity contribution in [3.63, 3.8) is 0 Å². The zero-order valence-electron chi connectivity index (χ0n) is 18.0. The molecule has 1 aromatic carbocycles. The molecular formula is C25H28FN3O2. The molecule has 0 bridgehead atoms. The molecule has 0 aliphatic heterocycles. The second-order valence-electron chi connectivity index (χ2n) is 8.25. The van der Waals surface area contributed by atoms with Crippen LogP contribution in [0.5, 0.6) is 5.88 Å². The van der Waals surface area contributed by atoms with Gasteiger partial charge in [0.25, 0.3) is 5.91 Å². The monoisotopic (exact) mass is 421 g/mol. The first-order chi connectivity index (χ1) is 15.1. The summed E-state index contributed by atoms with van der Waals surface area (Å²) in [6.45, 7) is 2.11. The molecule has 1 amide bonds. The van der Waals surface area contributed by atoms with Crippen molar-refractivity contribution in [2.75, 3.05) is 7.11 Å². The Bertz CT molecular complexity index is 1050. The van der Waals surface area contributed by atoms with Crippen LogP contribution in [-0.2, 0) is 0 Å². The third-order valence-electron chi connectivity index (χ3n) is 6.48. The van der Waals surface area contributed by atoms with Gasteiger partial charge in [-0.05, 0) is 79.8 Å². The van der Waals surface area contributed by atoms with E-state index in [4.69, 9.17) is 4.74 Å². The van der Waals surface area contributed by atoms with Gasteiger partial charge in [0.2, 0.25) is 5.88 Å². The van der Waals surface area contributed by atoms with Gasteiger partial charge in [-0.2, -0.15) is 0 Å². The van der Waals surface area contributed by atoms with Gasteiger partial charge in [-0.1, -0.05) is 6.92 Å². The molecule has 0 radical (unpaired) electrons. The summed E-state index contributed by atoms with van der Waals surface area (Å²) in [6.07, 6.45) is 8.36. The van der Waals surface area contributed by atoms with E-state index in [2.05, 4.69) is 22.2 Å². The van der Waals surface area contributed by atoms with Gasteiger partial charge in [-0.15, -0.1) is 0 Å². The minimum absolute atomic E-state index is 0.0975. The Morgan fingerprint density at radius 3 is 2.65 bits per heavy atom. The zero-order valence-corrected chi connectivity index (χ0v) is 18.0. The molecule has 6 heteroatoms. The predicted octanol–water partition coefficient (Wildman–Crippen LogP) is 5.26. The third kappa shape index (κ3) is 4.68. The summed E-state index contributed by atoms with van der Waals surface area (Å²) in [4.78, 5) is 21.2. The van der Waals surface area contributed by atoms with Gasteiger partial charge < -0.3 is 10.1 Å². The van der Waals surface area contributed by atoms with E-state index >= 15 is 0 Å². The molecule has 1 N–H and O–H groups in total. The number of nitrogens with one attached hydrogen (secondary N) is 1. The first-order valence-electron chi connectivity index (χ1n) is 10.9. The highest BCUT2D eigenvalue weighted by atomic mass is 19.1. The summed E-state index contributed by atoms with van der Waals surface area (Å²) in [7, 11) is 1.55. The minimum Gasteiger partial charge on any atom is -0.481 e. The van der Waals surface area contributed by atoms with E-state index in [1.807, 2.05) is 12.3 Å². The van der Waals surface area contributed by atoms with E-state index in [-0.39, 0.29) is 17.8 Å². The van der Waals surface area contributed by atoms with Gasteiger partial charge >= 0.3 is 0 Å². The number of hydrogen-bond donors (Lipinski definition) is 1. The Morgan fingerprint density at radius 2 is 1.97 bits per heavy atom. The first-order valence-corrected chi connectivity index (χ1v) is 10.9. The number of nitrogens with zero attached hydrogens (tertiary/aromatic N) is 2. The molecule has 1 fully saturated rings. The van der Waals surface area contributed by atoms with Crippen LogP contribution in [0.3, 0.4) is 0 Å². The number of amides is 1. The lowest BCUT2D eigenvalue weighted by molar-refractivity contribution is 0.0909. The molecule has 162 valence electrons. The number of benzene rings is 1. The largest absolute Gasteiger partial charge is 0.481 e. The number of carbonyl (C=O) groups is 1. The Kier molecular flexibility index (Phi) is 6.44. The standard InChI is InChI=1S/C25H28FN3O2/c1-3-22(29-25(30)18-8-11-24(31-2)28-15-18)17-6-4-16(5-7-17)20-12-13-27-23-10-9-19(26)14-21(20)23/h8-17,22H,3-7H2,1-2H3,(H,29,30)/t16?,17?,22-/m0/s1. The van der Waals surface area contributed by atoms with Gasteiger partial charge in [0.05, 0.1) is 18.2 Å². The van der Waals surface area contributed by atoms with Crippen molar-refractivity contribution in [1.29, 1.82) is 0 Å². The maximum Gasteiger partial charge on any atom is 0.253 e. The van der Waals surface area contributed by atoms with E-state index in [0.717, 1.165) is 43.0 Å². The van der Waals surface area contributed by atoms with Gasteiger partial charge in [0.15, 0.2) is 0 Å². The van der Waals surface area contributed by atoms with Crippen LogP contribution in [0.2, 0.25) is 0 Å². The molecule has 2 aromatic heterocycles. The first kappa shape index (κ1) is 21.2. The lowest BCUT2D eigenvalue weighted by Gasteiger charge is -2.34. The van der Waals surface area contributed by atoms with Crippen molar-refractivity contribution >= 4 is 16.8 Å². The van der Waals surface area contributed by atoms with E-state index in [9.17, 15) is 9.18 Å². The number of fused-ring (bicyclic) bond motifs is 1. The van der Waals surface area contributed by atoms with Crippen LogP contribution < -0.4 is 10.1 Å². The number of methoxy groups -OCH3 is 1. The second-order valence-corrected chi connectivity index (χ2v) is 8.25. The summed E-state index contributed by atoms with van der Waals surface area (Å²) in [6, 6.07) is 10.4. The molecule has 31 heavy (non-hydrogen) atoms. The molecule has 0 saturated heterocycles. The Hall–Kier alpha value is -3.02. The summed E-state index contributed by atoms with van der Waals surface area (Å²) in [5.41, 5.74) is 2.57. The highest BCUT2D eigenvalue weighted by Gasteiger charge is 2.29. The van der Waals surface area contributed by atoms with Crippen molar-refractivity contribution in [3.05, 3.63) is 65.7 Å². The Morgan fingerprint density at radius 1 is 1.16 bits per heavy atom. The van der Waals surface area contributed by atoms with E-state index in [0.29, 0.717) is 23.3 Å². The second kappa shape index (κ2) is 9.41. The average molecular weight is 422 g/mol. The molecular weight excluding hydrogens is 393 g/mol. The molecule has 1 atom stereocenters. The molecule has 3 aromatic rings. The van der Waals surface area contributed by atoms with Crippen LogP contribution in [0.15, 0.2) is 48.8 Å². The summed E-state index contributed by atoms with van der Waals surface area (Å²) >= 11 is 0. The van der Waals surface area contributed by atoms with Crippen molar-refractivity contribution in [2.45, 2.75) is 51.0 Å². The van der Waals surface area contributed by atoms with Gasteiger partial charge in [0, 0.05) is 29.9 Å². The molecule has 0 unspecified atom stereocenters. The van der Waals surface area contributed by atoms with Crippen LogP contribution in [0.1, 0.15) is 60.9 Å². The van der Waals surface area contributed by atoms with Crippen LogP contribution in [0.4, 0.5) is 4.39 Å². The van der Waals surface area contributed by atoms with Crippen molar-refractivity contribution in [2.24, 2.45) is 5.92 Å². The van der Waals surface area contributed by atoms with E-state index in [1.54, 1.807) is 37.6 Å². The van der Waals surface area contributed by atoms with Crippen molar-refractivity contribution < 1.29 is 13.9 Å². The number of hydrogen-bond acceptors (Lipinski definition) is 4. The molecule has 2 heterocycles. The van der Waals surface area contributed by atoms with E-state index < -0.39 is 0 Å². The average Bonchev–Trinajstić information content (AvgIpc) is 2.82. The zero-order chi connectivity index (χ0) is 21.8. The fourth-order valence-electron chi connectivity index (χ4n) is 4.77. The molecule has 1 aliphatic rings.